The van der Waals surface area contributed by atoms with Gasteiger partial charge in [-0.2, -0.15) is 0 Å². The Kier molecular flexibility index (Phi) is 6.45. The van der Waals surface area contributed by atoms with E-state index < -0.39 is 0 Å². The Morgan fingerprint density at radius 1 is 0.351 bits per heavy atom. The average Bonchev–Trinajstić information content (AvgIpc) is 2.98. The lowest BCUT2D eigenvalue weighted by Gasteiger charge is -2.11. The Morgan fingerprint density at radius 2 is 0.811 bits per heavy atom. The van der Waals surface area contributed by atoms with E-state index >= 15 is 0 Å². The molecule has 6 aromatic rings. The van der Waals surface area contributed by atoms with E-state index in [0.717, 1.165) is 43.9 Å². The van der Waals surface area contributed by atoms with Gasteiger partial charge in [-0.25, -0.2) is 9.97 Å². The zero-order chi connectivity index (χ0) is 25.0. The first-order chi connectivity index (χ1) is 18.2. The molecule has 0 spiro atoms. The van der Waals surface area contributed by atoms with Crippen LogP contribution in [0.5, 0.6) is 0 Å². The molecule has 0 aliphatic rings. The number of halogens is 1. The minimum Gasteiger partial charge on any atom is -0.228 e. The van der Waals surface area contributed by atoms with Gasteiger partial charge < -0.3 is 0 Å². The van der Waals surface area contributed by atoms with Crippen molar-refractivity contribution in [2.24, 2.45) is 0 Å². The van der Waals surface area contributed by atoms with Crippen LogP contribution in [0.2, 0.25) is 0 Å². The number of hydrogen-bond acceptors (Lipinski definition) is 2. The fraction of sp³-hybridized carbons (Fsp3) is 0. The van der Waals surface area contributed by atoms with Gasteiger partial charge in [0.15, 0.2) is 5.82 Å². The molecule has 1 aromatic heterocycles. The van der Waals surface area contributed by atoms with Gasteiger partial charge in [0.05, 0.1) is 11.4 Å². The Morgan fingerprint density at radius 3 is 1.43 bits per heavy atom. The summed E-state index contributed by atoms with van der Waals surface area (Å²) in [4.78, 5) is 9.91. The summed E-state index contributed by atoms with van der Waals surface area (Å²) < 4.78 is 1.08. The van der Waals surface area contributed by atoms with Gasteiger partial charge >= 0.3 is 0 Å². The number of hydrogen-bond donors (Lipinski definition) is 0. The largest absolute Gasteiger partial charge is 0.228 e. The van der Waals surface area contributed by atoms with Crippen LogP contribution in [0.4, 0.5) is 0 Å². The molecule has 176 valence electrons. The highest BCUT2D eigenvalue weighted by atomic mass is 79.9. The number of rotatable bonds is 5. The molecule has 3 heteroatoms. The molecule has 0 atom stereocenters. The maximum Gasteiger partial charge on any atom is 0.160 e. The highest BCUT2D eigenvalue weighted by Crippen LogP contribution is 2.32. The Balaban J connectivity index is 1.44. The van der Waals surface area contributed by atoms with Crippen molar-refractivity contribution in [1.82, 2.24) is 9.97 Å². The number of benzene rings is 5. The fourth-order valence-corrected chi connectivity index (χ4v) is 4.71. The SMILES string of the molecule is Brc1ccc(-c2cccc(-c3cccc(-c4cc(-c5ccccc5)nc(-c5ccccc5)n4)c3)c2)cc1. The molecule has 1 heterocycles. The lowest BCUT2D eigenvalue weighted by molar-refractivity contribution is 1.18. The van der Waals surface area contributed by atoms with Crippen LogP contribution >= 0.6 is 15.9 Å². The molecular weight excluding hydrogens is 516 g/mol. The second-order valence-corrected chi connectivity index (χ2v) is 9.78. The first-order valence-corrected chi connectivity index (χ1v) is 13.0. The van der Waals surface area contributed by atoms with Gasteiger partial charge in [-0.05, 0) is 52.6 Å². The van der Waals surface area contributed by atoms with Gasteiger partial charge in [0.25, 0.3) is 0 Å². The smallest absolute Gasteiger partial charge is 0.160 e. The second kappa shape index (κ2) is 10.3. The lowest BCUT2D eigenvalue weighted by Crippen LogP contribution is -1.96. The lowest BCUT2D eigenvalue weighted by atomic mass is 9.97. The predicted molar refractivity (Wildman–Crippen MR) is 157 cm³/mol. The molecule has 0 bridgehead atoms. The first-order valence-electron chi connectivity index (χ1n) is 12.2. The Hall–Kier alpha value is -4.34. The zero-order valence-corrected chi connectivity index (χ0v) is 21.6. The zero-order valence-electron chi connectivity index (χ0n) is 20.1. The van der Waals surface area contributed by atoms with Crippen molar-refractivity contribution >= 4 is 15.9 Å². The van der Waals surface area contributed by atoms with Gasteiger partial charge in [0.2, 0.25) is 0 Å². The quantitative estimate of drug-likeness (QED) is 0.218. The van der Waals surface area contributed by atoms with E-state index in [0.29, 0.717) is 0 Å². The third kappa shape index (κ3) is 5.13. The molecule has 2 nitrogen and oxygen atoms in total. The summed E-state index contributed by atoms with van der Waals surface area (Å²) in [5.41, 5.74) is 9.64. The van der Waals surface area contributed by atoms with Crippen molar-refractivity contribution in [1.29, 1.82) is 0 Å². The molecule has 0 saturated carbocycles. The van der Waals surface area contributed by atoms with E-state index in [1.165, 1.54) is 16.7 Å². The van der Waals surface area contributed by atoms with Crippen LogP contribution in [0, 0.1) is 0 Å². The van der Waals surface area contributed by atoms with Crippen molar-refractivity contribution in [2.75, 3.05) is 0 Å². The van der Waals surface area contributed by atoms with Crippen LogP contribution in [-0.2, 0) is 0 Å². The molecule has 0 N–H and O–H groups in total. The van der Waals surface area contributed by atoms with E-state index in [-0.39, 0.29) is 0 Å². The van der Waals surface area contributed by atoms with Gasteiger partial charge in [0.1, 0.15) is 0 Å². The van der Waals surface area contributed by atoms with Crippen LogP contribution in [-0.4, -0.2) is 9.97 Å². The maximum absolute atomic E-state index is 4.99. The van der Waals surface area contributed by atoms with E-state index in [1.54, 1.807) is 0 Å². The molecule has 0 radical (unpaired) electrons. The summed E-state index contributed by atoms with van der Waals surface area (Å²) in [6.07, 6.45) is 0. The molecule has 0 aliphatic carbocycles. The van der Waals surface area contributed by atoms with Crippen molar-refractivity contribution in [3.05, 3.63) is 144 Å². The molecule has 5 aromatic carbocycles. The topological polar surface area (TPSA) is 25.8 Å². The van der Waals surface area contributed by atoms with Gasteiger partial charge in [-0.3, -0.25) is 0 Å². The average molecular weight is 539 g/mol. The summed E-state index contributed by atoms with van der Waals surface area (Å²) in [5.74, 6) is 0.722. The minimum atomic E-state index is 0.722. The van der Waals surface area contributed by atoms with Crippen LogP contribution in [0.15, 0.2) is 144 Å². The predicted octanol–water partition coefficient (Wildman–Crippen LogP) is 9.57. The van der Waals surface area contributed by atoms with Gasteiger partial charge in [-0.15, -0.1) is 0 Å². The third-order valence-electron chi connectivity index (χ3n) is 6.36. The van der Waals surface area contributed by atoms with Gasteiger partial charge in [0, 0.05) is 21.2 Å². The molecular formula is C34H23BrN2. The highest BCUT2D eigenvalue weighted by molar-refractivity contribution is 9.10. The fourth-order valence-electron chi connectivity index (χ4n) is 4.45. The summed E-state index contributed by atoms with van der Waals surface area (Å²) >= 11 is 3.53. The molecule has 0 amide bonds. The van der Waals surface area contributed by atoms with Crippen molar-refractivity contribution in [3.8, 4) is 56.2 Å². The molecule has 0 fully saturated rings. The van der Waals surface area contributed by atoms with Crippen molar-refractivity contribution < 1.29 is 0 Å². The summed E-state index contributed by atoms with van der Waals surface area (Å²) in [5, 5.41) is 0. The van der Waals surface area contributed by atoms with Gasteiger partial charge in [-0.1, -0.05) is 125 Å². The van der Waals surface area contributed by atoms with Crippen LogP contribution in [0.25, 0.3) is 56.2 Å². The van der Waals surface area contributed by atoms with Crippen molar-refractivity contribution in [3.63, 3.8) is 0 Å². The summed E-state index contributed by atoms with van der Waals surface area (Å²) in [7, 11) is 0. The second-order valence-electron chi connectivity index (χ2n) is 8.86. The van der Waals surface area contributed by atoms with Crippen LogP contribution in [0.1, 0.15) is 0 Å². The number of aromatic nitrogens is 2. The first kappa shape index (κ1) is 23.1. The Bertz CT molecular complexity index is 1600. The van der Waals surface area contributed by atoms with E-state index in [2.05, 4.69) is 119 Å². The molecule has 37 heavy (non-hydrogen) atoms. The van der Waals surface area contributed by atoms with E-state index in [9.17, 15) is 0 Å². The molecule has 0 aliphatic heterocycles. The molecule has 0 saturated heterocycles. The van der Waals surface area contributed by atoms with Crippen LogP contribution in [0.3, 0.4) is 0 Å². The normalized spacial score (nSPS) is 10.8. The summed E-state index contributed by atoms with van der Waals surface area (Å²) in [6, 6.07) is 48.2. The maximum atomic E-state index is 4.99. The number of nitrogens with zero attached hydrogens (tertiary/aromatic N) is 2. The molecule has 6 rings (SSSR count). The minimum absolute atomic E-state index is 0.722. The highest BCUT2D eigenvalue weighted by Gasteiger charge is 2.11. The standard InChI is InChI=1S/C34H23BrN2/c35-31-19-17-24(18-20-31)27-13-7-14-28(21-27)29-15-8-16-30(22-29)33-23-32(25-9-3-1-4-10-25)36-34(37-33)26-11-5-2-6-12-26/h1-23H. The van der Waals surface area contributed by atoms with Crippen molar-refractivity contribution in [2.45, 2.75) is 0 Å². The Labute approximate surface area is 225 Å². The monoisotopic (exact) mass is 538 g/mol. The van der Waals surface area contributed by atoms with E-state index in [1.807, 2.05) is 36.4 Å². The summed E-state index contributed by atoms with van der Waals surface area (Å²) in [6.45, 7) is 0. The van der Waals surface area contributed by atoms with Crippen LogP contribution < -0.4 is 0 Å². The van der Waals surface area contributed by atoms with E-state index in [4.69, 9.17) is 9.97 Å². The molecule has 0 unspecified atom stereocenters. The third-order valence-corrected chi connectivity index (χ3v) is 6.89.